The second-order valence-corrected chi connectivity index (χ2v) is 8.73. The van der Waals surface area contributed by atoms with Gasteiger partial charge in [0.1, 0.15) is 11.9 Å². The van der Waals surface area contributed by atoms with Crippen molar-refractivity contribution < 1.29 is 22.7 Å². The lowest BCUT2D eigenvalue weighted by atomic mass is 10.2. The van der Waals surface area contributed by atoms with Crippen LogP contribution in [-0.2, 0) is 29.3 Å². The van der Waals surface area contributed by atoms with E-state index in [-0.39, 0.29) is 40.9 Å². The van der Waals surface area contributed by atoms with E-state index in [4.69, 9.17) is 4.74 Å². The van der Waals surface area contributed by atoms with Gasteiger partial charge in [-0.05, 0) is 25.5 Å². The third-order valence-corrected chi connectivity index (χ3v) is 6.24. The van der Waals surface area contributed by atoms with Gasteiger partial charge < -0.3 is 14.6 Å². The summed E-state index contributed by atoms with van der Waals surface area (Å²) in [5.74, 6) is -1.70. The molecule has 1 unspecified atom stereocenters. The van der Waals surface area contributed by atoms with E-state index in [0.717, 1.165) is 23.4 Å². The van der Waals surface area contributed by atoms with Crippen molar-refractivity contribution in [2.75, 3.05) is 11.9 Å². The number of aromatic nitrogens is 7. The summed E-state index contributed by atoms with van der Waals surface area (Å²) >= 11 is 0. The minimum Gasteiger partial charge on any atom is -0.376 e. The summed E-state index contributed by atoms with van der Waals surface area (Å²) in [7, 11) is 1.49. The van der Waals surface area contributed by atoms with Crippen molar-refractivity contribution in [1.82, 2.24) is 33.6 Å². The van der Waals surface area contributed by atoms with Crippen LogP contribution in [0.3, 0.4) is 0 Å². The Balaban J connectivity index is 1.41. The number of pyridine rings is 1. The normalized spacial score (nSPS) is 16.3. The third-order valence-electron chi connectivity index (χ3n) is 6.24. The highest BCUT2D eigenvalue weighted by Gasteiger charge is 2.34. The Morgan fingerprint density at radius 1 is 1.21 bits per heavy atom. The number of carbonyl (C=O) groups is 1. The summed E-state index contributed by atoms with van der Waals surface area (Å²) in [6.07, 6.45) is -0.874. The number of amides is 1. The number of nitrogens with one attached hydrogen (secondary N) is 1. The van der Waals surface area contributed by atoms with Gasteiger partial charge in [0.15, 0.2) is 11.2 Å². The monoisotopic (exact) mass is 530 g/mol. The van der Waals surface area contributed by atoms with Gasteiger partial charge in [-0.2, -0.15) is 13.2 Å². The van der Waals surface area contributed by atoms with Crippen LogP contribution in [0.1, 0.15) is 25.2 Å². The van der Waals surface area contributed by atoms with Crippen LogP contribution in [-0.4, -0.2) is 52.3 Å². The molecule has 1 aliphatic heterocycles. The molecule has 1 aliphatic rings. The Bertz CT molecular complexity index is 1640. The number of hydrogen-bond donors (Lipinski definition) is 1. The number of hydrogen-bond acceptors (Lipinski definition) is 8. The van der Waals surface area contributed by atoms with Gasteiger partial charge in [0.2, 0.25) is 11.7 Å². The van der Waals surface area contributed by atoms with Crippen LogP contribution in [0, 0.1) is 0 Å². The standard InChI is InChI=1S/C23H21F3N8O4/c1-12(34-11-29-18-17(34)20(36)33(22(37)32(18)2)10-14-6-7-38-14)19(35)31-16-5-3-4-15(30-16)13-8-27-21(28-9-13)23(24,25)26/h3-5,8-9,11-12,14H,6-7,10H2,1-2H3,(H,30,31,35)/t12-,14?/m0/s1. The number of nitrogens with zero attached hydrogens (tertiary/aromatic N) is 7. The van der Waals surface area contributed by atoms with Crippen LogP contribution >= 0.6 is 0 Å². The van der Waals surface area contributed by atoms with E-state index in [1.165, 1.54) is 34.6 Å². The Morgan fingerprint density at radius 2 is 1.92 bits per heavy atom. The van der Waals surface area contributed by atoms with E-state index in [1.54, 1.807) is 13.0 Å². The molecule has 1 amide bonds. The zero-order chi connectivity index (χ0) is 27.2. The average Bonchev–Trinajstić information content (AvgIpc) is 3.31. The highest BCUT2D eigenvalue weighted by atomic mass is 19.4. The van der Waals surface area contributed by atoms with E-state index in [2.05, 4.69) is 25.3 Å². The maximum Gasteiger partial charge on any atom is 0.451 e. The minimum absolute atomic E-state index is 0.0812. The van der Waals surface area contributed by atoms with Gasteiger partial charge >= 0.3 is 11.9 Å². The molecule has 5 heterocycles. The number of anilines is 1. The zero-order valence-corrected chi connectivity index (χ0v) is 20.1. The molecule has 4 aromatic rings. The zero-order valence-electron chi connectivity index (χ0n) is 20.1. The van der Waals surface area contributed by atoms with Gasteiger partial charge in [0.25, 0.3) is 5.56 Å². The SMILES string of the molecule is C[C@@H](C(=O)Nc1cccc(-c2cnc(C(F)(F)F)nc2)n1)n1cnc2c1c(=O)n(CC1CCO1)c(=O)n2C. The van der Waals surface area contributed by atoms with Crippen molar-refractivity contribution >= 4 is 22.9 Å². The highest BCUT2D eigenvalue weighted by molar-refractivity contribution is 5.93. The van der Waals surface area contributed by atoms with E-state index >= 15 is 0 Å². The number of ether oxygens (including phenoxy) is 1. The van der Waals surface area contributed by atoms with Crippen LogP contribution in [0.4, 0.5) is 19.0 Å². The molecule has 2 atom stereocenters. The van der Waals surface area contributed by atoms with Crippen LogP contribution < -0.4 is 16.6 Å². The fraction of sp³-hybridized carbons (Fsp3) is 0.348. The molecule has 38 heavy (non-hydrogen) atoms. The van der Waals surface area contributed by atoms with Gasteiger partial charge in [-0.3, -0.25) is 18.7 Å². The predicted octanol–water partition coefficient (Wildman–Crippen LogP) is 1.76. The molecule has 15 heteroatoms. The average molecular weight is 530 g/mol. The number of fused-ring (bicyclic) bond motifs is 1. The molecule has 0 saturated carbocycles. The lowest BCUT2D eigenvalue weighted by Crippen LogP contribution is -2.45. The van der Waals surface area contributed by atoms with E-state index in [0.29, 0.717) is 6.61 Å². The minimum atomic E-state index is -4.67. The molecule has 198 valence electrons. The van der Waals surface area contributed by atoms with Crippen LogP contribution in [0.25, 0.3) is 22.4 Å². The van der Waals surface area contributed by atoms with Crippen molar-refractivity contribution in [2.45, 2.75) is 38.2 Å². The van der Waals surface area contributed by atoms with Crippen molar-refractivity contribution in [3.8, 4) is 11.3 Å². The molecule has 1 N–H and O–H groups in total. The summed E-state index contributed by atoms with van der Waals surface area (Å²) in [5, 5.41) is 2.63. The van der Waals surface area contributed by atoms with E-state index in [9.17, 15) is 27.6 Å². The number of carbonyl (C=O) groups excluding carboxylic acids is 1. The fourth-order valence-corrected chi connectivity index (χ4v) is 4.00. The molecular formula is C23H21F3N8O4. The number of alkyl halides is 3. The number of halogens is 3. The molecule has 0 aromatic carbocycles. The summed E-state index contributed by atoms with van der Waals surface area (Å²) in [6, 6.07) is 3.66. The van der Waals surface area contributed by atoms with Crippen LogP contribution in [0.15, 0.2) is 46.5 Å². The lowest BCUT2D eigenvalue weighted by molar-refractivity contribution is -0.145. The van der Waals surface area contributed by atoms with Crippen molar-refractivity contribution in [3.05, 3.63) is 63.6 Å². The van der Waals surface area contributed by atoms with Gasteiger partial charge in [0, 0.05) is 31.6 Å². The smallest absolute Gasteiger partial charge is 0.376 e. The number of imidazole rings is 1. The second kappa shape index (κ2) is 9.48. The van der Waals surface area contributed by atoms with Crippen molar-refractivity contribution in [2.24, 2.45) is 7.05 Å². The summed E-state index contributed by atoms with van der Waals surface area (Å²) < 4.78 is 47.3. The summed E-state index contributed by atoms with van der Waals surface area (Å²) in [5.41, 5.74) is -0.439. The van der Waals surface area contributed by atoms with Crippen molar-refractivity contribution in [3.63, 3.8) is 0 Å². The quantitative estimate of drug-likeness (QED) is 0.398. The summed E-state index contributed by atoms with van der Waals surface area (Å²) in [4.78, 5) is 54.1. The molecule has 0 radical (unpaired) electrons. The van der Waals surface area contributed by atoms with E-state index < -0.39 is 35.2 Å². The number of aryl methyl sites for hydroxylation is 1. The Hall–Kier alpha value is -4.40. The fourth-order valence-electron chi connectivity index (χ4n) is 4.00. The van der Waals surface area contributed by atoms with Gasteiger partial charge in [-0.25, -0.2) is 24.7 Å². The first-order valence-electron chi connectivity index (χ1n) is 11.5. The van der Waals surface area contributed by atoms with Gasteiger partial charge in [-0.15, -0.1) is 0 Å². The molecular weight excluding hydrogens is 509 g/mol. The molecule has 4 aromatic heterocycles. The Labute approximate surface area is 211 Å². The molecule has 0 aliphatic carbocycles. The van der Waals surface area contributed by atoms with Gasteiger partial charge in [0.05, 0.1) is 24.7 Å². The van der Waals surface area contributed by atoms with Crippen LogP contribution in [0.5, 0.6) is 0 Å². The predicted molar refractivity (Wildman–Crippen MR) is 127 cm³/mol. The summed E-state index contributed by atoms with van der Waals surface area (Å²) in [6.45, 7) is 2.21. The van der Waals surface area contributed by atoms with Crippen molar-refractivity contribution in [1.29, 1.82) is 0 Å². The molecule has 12 nitrogen and oxygen atoms in total. The van der Waals surface area contributed by atoms with E-state index in [1.807, 2.05) is 0 Å². The third kappa shape index (κ3) is 4.55. The van der Waals surface area contributed by atoms with Gasteiger partial charge in [-0.1, -0.05) is 6.07 Å². The number of rotatable bonds is 6. The molecule has 1 saturated heterocycles. The molecule has 0 bridgehead atoms. The topological polar surface area (TPSA) is 139 Å². The largest absolute Gasteiger partial charge is 0.451 e. The first kappa shape index (κ1) is 25.3. The first-order chi connectivity index (χ1) is 18.0. The molecule has 1 fully saturated rings. The highest BCUT2D eigenvalue weighted by Crippen LogP contribution is 2.27. The molecule has 5 rings (SSSR count). The Morgan fingerprint density at radius 3 is 2.55 bits per heavy atom. The Kier molecular flexibility index (Phi) is 6.30. The maximum absolute atomic E-state index is 13.2. The molecule has 0 spiro atoms. The first-order valence-corrected chi connectivity index (χ1v) is 11.5. The second-order valence-electron chi connectivity index (χ2n) is 8.73. The lowest BCUT2D eigenvalue weighted by Gasteiger charge is -2.26. The van der Waals surface area contributed by atoms with Crippen LogP contribution in [0.2, 0.25) is 0 Å². The maximum atomic E-state index is 13.2.